The Bertz CT molecular complexity index is 906. The van der Waals surface area contributed by atoms with Gasteiger partial charge in [-0.25, -0.2) is 4.98 Å². The third-order valence-electron chi connectivity index (χ3n) is 4.25. The van der Waals surface area contributed by atoms with E-state index in [9.17, 15) is 4.79 Å². The maximum absolute atomic E-state index is 12.9. The van der Waals surface area contributed by atoms with Gasteiger partial charge in [-0.15, -0.1) is 0 Å². The van der Waals surface area contributed by atoms with Crippen LogP contribution in [0.1, 0.15) is 34.7 Å². The number of aromatic nitrogens is 2. The number of rotatable bonds is 7. The summed E-state index contributed by atoms with van der Waals surface area (Å²) in [6.45, 7) is 2.43. The summed E-state index contributed by atoms with van der Waals surface area (Å²) in [5.41, 5.74) is 1.45. The minimum Gasteiger partial charge on any atom is -0.493 e. The number of methoxy groups -OCH3 is 1. The summed E-state index contributed by atoms with van der Waals surface area (Å²) in [4.78, 5) is 17.3. The Morgan fingerprint density at radius 2 is 1.96 bits per heavy atom. The molecule has 1 aromatic heterocycles. The van der Waals surface area contributed by atoms with Crippen LogP contribution in [0.15, 0.2) is 60.9 Å². The fraction of sp³-hybridized carbons (Fsp3) is 0.238. The average Bonchev–Trinajstić information content (AvgIpc) is 3.12. The lowest BCUT2D eigenvalue weighted by Gasteiger charge is -2.19. The lowest BCUT2D eigenvalue weighted by atomic mass is 10.1. The van der Waals surface area contributed by atoms with Crippen molar-refractivity contribution in [3.8, 4) is 11.5 Å². The second kappa shape index (κ2) is 8.40. The molecular formula is C21H23N3O3. The first kappa shape index (κ1) is 18.5. The van der Waals surface area contributed by atoms with Crippen molar-refractivity contribution in [2.45, 2.75) is 13.0 Å². The van der Waals surface area contributed by atoms with E-state index in [0.29, 0.717) is 23.7 Å². The van der Waals surface area contributed by atoms with Gasteiger partial charge in [0.25, 0.3) is 5.91 Å². The van der Waals surface area contributed by atoms with Crippen LogP contribution in [-0.2, 0) is 7.05 Å². The molecule has 0 saturated carbocycles. The predicted molar refractivity (Wildman–Crippen MR) is 103 cm³/mol. The van der Waals surface area contributed by atoms with Gasteiger partial charge in [-0.1, -0.05) is 30.3 Å². The molecule has 3 aromatic rings. The van der Waals surface area contributed by atoms with Crippen LogP contribution in [0.5, 0.6) is 11.5 Å². The first-order chi connectivity index (χ1) is 13.1. The van der Waals surface area contributed by atoms with Gasteiger partial charge in [-0.3, -0.25) is 4.79 Å². The Morgan fingerprint density at radius 1 is 1.19 bits per heavy atom. The summed E-state index contributed by atoms with van der Waals surface area (Å²) in [6.07, 6.45) is 3.58. The molecule has 140 valence electrons. The molecule has 27 heavy (non-hydrogen) atoms. The number of carbonyl (C=O) groups is 1. The average molecular weight is 365 g/mol. The van der Waals surface area contributed by atoms with Crippen molar-refractivity contribution in [1.82, 2.24) is 14.9 Å². The van der Waals surface area contributed by atoms with Crippen LogP contribution in [0.3, 0.4) is 0 Å². The minimum absolute atomic E-state index is 0.215. The number of aryl methyl sites for hydroxylation is 1. The summed E-state index contributed by atoms with van der Waals surface area (Å²) >= 11 is 0. The molecule has 0 saturated heterocycles. The summed E-state index contributed by atoms with van der Waals surface area (Å²) < 4.78 is 12.8. The number of amides is 1. The van der Waals surface area contributed by atoms with E-state index in [-0.39, 0.29) is 11.9 Å². The second-order valence-corrected chi connectivity index (χ2v) is 6.01. The van der Waals surface area contributed by atoms with E-state index in [0.717, 1.165) is 11.4 Å². The highest BCUT2D eigenvalue weighted by Gasteiger charge is 2.22. The molecule has 0 aliphatic carbocycles. The van der Waals surface area contributed by atoms with E-state index < -0.39 is 0 Å². The molecular weight excluding hydrogens is 342 g/mol. The third kappa shape index (κ3) is 4.11. The molecule has 0 bridgehead atoms. The zero-order chi connectivity index (χ0) is 19.2. The van der Waals surface area contributed by atoms with Gasteiger partial charge < -0.3 is 19.4 Å². The van der Waals surface area contributed by atoms with Crippen LogP contribution >= 0.6 is 0 Å². The van der Waals surface area contributed by atoms with E-state index in [2.05, 4.69) is 10.3 Å². The number of imidazole rings is 1. The number of hydrogen-bond acceptors (Lipinski definition) is 4. The Labute approximate surface area is 158 Å². The van der Waals surface area contributed by atoms with Gasteiger partial charge in [0.2, 0.25) is 0 Å². The normalized spacial score (nSPS) is 11.7. The van der Waals surface area contributed by atoms with Crippen molar-refractivity contribution in [3.05, 3.63) is 77.9 Å². The summed E-state index contributed by atoms with van der Waals surface area (Å²) in [5, 5.41) is 3.08. The molecule has 0 unspecified atom stereocenters. The molecule has 0 fully saturated rings. The largest absolute Gasteiger partial charge is 0.493 e. The predicted octanol–water partition coefficient (Wildman–Crippen LogP) is 3.35. The van der Waals surface area contributed by atoms with Crippen molar-refractivity contribution in [2.75, 3.05) is 13.7 Å². The van der Waals surface area contributed by atoms with E-state index >= 15 is 0 Å². The van der Waals surface area contributed by atoms with Crippen LogP contribution < -0.4 is 14.8 Å². The molecule has 0 aliphatic rings. The molecule has 1 atom stereocenters. The minimum atomic E-state index is -0.365. The second-order valence-electron chi connectivity index (χ2n) is 6.01. The zero-order valence-electron chi connectivity index (χ0n) is 15.7. The van der Waals surface area contributed by atoms with E-state index in [1.807, 2.05) is 55.1 Å². The van der Waals surface area contributed by atoms with Gasteiger partial charge in [-0.05, 0) is 30.7 Å². The quantitative estimate of drug-likeness (QED) is 0.697. The molecule has 6 heteroatoms. The summed E-state index contributed by atoms with van der Waals surface area (Å²) in [7, 11) is 3.46. The maximum atomic E-state index is 12.9. The molecule has 3 rings (SSSR count). The molecule has 0 radical (unpaired) electrons. The molecule has 1 amide bonds. The molecule has 1 heterocycles. The highest BCUT2D eigenvalue weighted by atomic mass is 16.5. The third-order valence-corrected chi connectivity index (χ3v) is 4.25. The van der Waals surface area contributed by atoms with Gasteiger partial charge in [0.05, 0.1) is 13.7 Å². The van der Waals surface area contributed by atoms with E-state index in [1.54, 1.807) is 31.5 Å². The first-order valence-electron chi connectivity index (χ1n) is 8.78. The number of ether oxygens (including phenoxy) is 2. The van der Waals surface area contributed by atoms with E-state index in [4.69, 9.17) is 9.47 Å². The molecule has 2 aromatic carbocycles. The van der Waals surface area contributed by atoms with E-state index in [1.165, 1.54) is 0 Å². The van der Waals surface area contributed by atoms with Crippen LogP contribution in [0.25, 0.3) is 0 Å². The highest BCUT2D eigenvalue weighted by molar-refractivity contribution is 5.95. The SMILES string of the molecule is CCOc1ccc(C(=O)N[C@H](c2ccccc2)c2nccn2C)cc1OC. The number of benzene rings is 2. The number of nitrogens with zero attached hydrogens (tertiary/aromatic N) is 2. The Balaban J connectivity index is 1.90. The van der Waals surface area contributed by atoms with Crippen LogP contribution in [0, 0.1) is 0 Å². The fourth-order valence-corrected chi connectivity index (χ4v) is 2.90. The summed E-state index contributed by atoms with van der Waals surface area (Å²) in [6, 6.07) is 14.6. The lowest BCUT2D eigenvalue weighted by Crippen LogP contribution is -2.31. The van der Waals surface area contributed by atoms with Crippen molar-refractivity contribution in [2.24, 2.45) is 7.05 Å². The Hall–Kier alpha value is -3.28. The van der Waals surface area contributed by atoms with Crippen LogP contribution in [0.2, 0.25) is 0 Å². The Morgan fingerprint density at radius 3 is 2.59 bits per heavy atom. The summed E-state index contributed by atoms with van der Waals surface area (Å²) in [5.74, 6) is 1.68. The van der Waals surface area contributed by atoms with Crippen molar-refractivity contribution < 1.29 is 14.3 Å². The number of carbonyl (C=O) groups excluding carboxylic acids is 1. The van der Waals surface area contributed by atoms with Gasteiger partial charge in [0.1, 0.15) is 11.9 Å². The van der Waals surface area contributed by atoms with Crippen molar-refractivity contribution in [3.63, 3.8) is 0 Å². The number of nitrogens with one attached hydrogen (secondary N) is 1. The van der Waals surface area contributed by atoms with Gasteiger partial charge >= 0.3 is 0 Å². The van der Waals surface area contributed by atoms with Crippen molar-refractivity contribution >= 4 is 5.91 Å². The number of hydrogen-bond donors (Lipinski definition) is 1. The zero-order valence-corrected chi connectivity index (χ0v) is 15.7. The van der Waals surface area contributed by atoms with Crippen LogP contribution in [0.4, 0.5) is 0 Å². The highest BCUT2D eigenvalue weighted by Crippen LogP contribution is 2.28. The molecule has 6 nitrogen and oxygen atoms in total. The lowest BCUT2D eigenvalue weighted by molar-refractivity contribution is 0.0940. The topological polar surface area (TPSA) is 65.4 Å². The van der Waals surface area contributed by atoms with Gasteiger partial charge in [-0.2, -0.15) is 0 Å². The molecule has 0 aliphatic heterocycles. The monoisotopic (exact) mass is 365 g/mol. The smallest absolute Gasteiger partial charge is 0.252 e. The van der Waals surface area contributed by atoms with Gasteiger partial charge in [0, 0.05) is 25.0 Å². The van der Waals surface area contributed by atoms with Crippen LogP contribution in [-0.4, -0.2) is 29.2 Å². The fourth-order valence-electron chi connectivity index (χ4n) is 2.90. The maximum Gasteiger partial charge on any atom is 0.252 e. The molecule has 1 N–H and O–H groups in total. The van der Waals surface area contributed by atoms with Crippen molar-refractivity contribution in [1.29, 1.82) is 0 Å². The van der Waals surface area contributed by atoms with Gasteiger partial charge in [0.15, 0.2) is 11.5 Å². The Kier molecular flexibility index (Phi) is 5.76. The molecule has 0 spiro atoms. The first-order valence-corrected chi connectivity index (χ1v) is 8.78. The standard InChI is InChI=1S/C21H23N3O3/c1-4-27-17-11-10-16(14-18(17)26-3)21(25)23-19(15-8-6-5-7-9-15)20-22-12-13-24(20)2/h5-14,19H,4H2,1-3H3,(H,23,25)/t19-/m1/s1.